The smallest absolute Gasteiger partial charge is 0.256 e. The van der Waals surface area contributed by atoms with Crippen LogP contribution in [0.2, 0.25) is 5.02 Å². The lowest BCUT2D eigenvalue weighted by Crippen LogP contribution is -2.13. The molecule has 0 aliphatic heterocycles. The molecule has 21 heavy (non-hydrogen) atoms. The Morgan fingerprint density at radius 3 is 2.76 bits per heavy atom. The summed E-state index contributed by atoms with van der Waals surface area (Å²) >= 11 is 7.70. The van der Waals surface area contributed by atoms with E-state index in [9.17, 15) is 4.79 Å². The fraction of sp³-hybridized carbons (Fsp3) is 0.235. The van der Waals surface area contributed by atoms with E-state index in [1.807, 2.05) is 43.3 Å². The molecule has 2 nitrogen and oxygen atoms in total. The maximum atomic E-state index is 12.5. The Balaban J connectivity index is 2.22. The molecule has 0 radical (unpaired) electrons. The molecule has 0 aliphatic carbocycles. The number of halogens is 1. The number of anilines is 1. The topological polar surface area (TPSA) is 29.1 Å². The highest BCUT2D eigenvalue weighted by Crippen LogP contribution is 2.25. The quantitative estimate of drug-likeness (QED) is 0.747. The van der Waals surface area contributed by atoms with Crippen molar-refractivity contribution >= 4 is 35.0 Å². The predicted molar refractivity (Wildman–Crippen MR) is 91.6 cm³/mol. The van der Waals surface area contributed by atoms with Crippen LogP contribution >= 0.6 is 23.4 Å². The molecule has 2 aromatic rings. The third-order valence-corrected chi connectivity index (χ3v) is 4.56. The number of amides is 1. The number of rotatable bonds is 5. The SMILES string of the molecule is CCCSc1ccccc1C(=O)Nc1cc(Cl)ccc1C. The zero-order valence-corrected chi connectivity index (χ0v) is 13.7. The van der Waals surface area contributed by atoms with E-state index in [0.717, 1.165) is 28.3 Å². The highest BCUT2D eigenvalue weighted by Gasteiger charge is 2.12. The average molecular weight is 320 g/mol. The largest absolute Gasteiger partial charge is 0.322 e. The molecule has 0 bridgehead atoms. The molecule has 2 aromatic carbocycles. The highest BCUT2D eigenvalue weighted by molar-refractivity contribution is 7.99. The molecule has 0 atom stereocenters. The van der Waals surface area contributed by atoms with E-state index < -0.39 is 0 Å². The molecule has 4 heteroatoms. The standard InChI is InChI=1S/C17H18ClNOS/c1-3-10-21-16-7-5-4-6-14(16)17(20)19-15-11-13(18)9-8-12(15)2/h4-9,11H,3,10H2,1-2H3,(H,19,20). The van der Waals surface area contributed by atoms with Crippen molar-refractivity contribution in [3.05, 3.63) is 58.6 Å². The molecule has 110 valence electrons. The highest BCUT2D eigenvalue weighted by atomic mass is 35.5. The summed E-state index contributed by atoms with van der Waals surface area (Å²) in [6, 6.07) is 13.2. The van der Waals surface area contributed by atoms with Crippen molar-refractivity contribution in [1.82, 2.24) is 0 Å². The van der Waals surface area contributed by atoms with Crippen LogP contribution in [0.4, 0.5) is 5.69 Å². The summed E-state index contributed by atoms with van der Waals surface area (Å²) in [6.45, 7) is 4.08. The number of aryl methyl sites for hydroxylation is 1. The number of hydrogen-bond acceptors (Lipinski definition) is 2. The van der Waals surface area contributed by atoms with Gasteiger partial charge in [0.05, 0.1) is 5.56 Å². The minimum atomic E-state index is -0.0976. The van der Waals surface area contributed by atoms with Crippen LogP contribution in [0.1, 0.15) is 29.3 Å². The molecule has 0 aromatic heterocycles. The van der Waals surface area contributed by atoms with Crippen molar-refractivity contribution in [3.8, 4) is 0 Å². The first-order valence-corrected chi connectivity index (χ1v) is 8.27. The van der Waals surface area contributed by atoms with Gasteiger partial charge in [-0.2, -0.15) is 0 Å². The van der Waals surface area contributed by atoms with Crippen LogP contribution in [0.15, 0.2) is 47.4 Å². The van der Waals surface area contributed by atoms with E-state index >= 15 is 0 Å². The third kappa shape index (κ3) is 4.26. The molecule has 0 spiro atoms. The van der Waals surface area contributed by atoms with Gasteiger partial charge in [-0.3, -0.25) is 4.79 Å². The Morgan fingerprint density at radius 1 is 1.24 bits per heavy atom. The van der Waals surface area contributed by atoms with Gasteiger partial charge in [-0.05, 0) is 48.9 Å². The molecule has 0 saturated heterocycles. The van der Waals surface area contributed by atoms with Crippen LogP contribution in [0, 0.1) is 6.92 Å². The Morgan fingerprint density at radius 2 is 2.00 bits per heavy atom. The first kappa shape index (κ1) is 15.9. The van der Waals surface area contributed by atoms with E-state index in [2.05, 4.69) is 12.2 Å². The third-order valence-electron chi connectivity index (χ3n) is 3.04. The first-order chi connectivity index (χ1) is 10.1. The molecule has 1 N–H and O–H groups in total. The predicted octanol–water partition coefficient (Wildman–Crippen LogP) is 5.40. The van der Waals surface area contributed by atoms with Gasteiger partial charge in [-0.1, -0.05) is 36.7 Å². The van der Waals surface area contributed by atoms with Gasteiger partial charge in [0.15, 0.2) is 0 Å². The molecule has 0 aliphatic rings. The molecular weight excluding hydrogens is 302 g/mol. The van der Waals surface area contributed by atoms with Gasteiger partial charge in [0.1, 0.15) is 0 Å². The van der Waals surface area contributed by atoms with Crippen molar-refractivity contribution in [2.75, 3.05) is 11.1 Å². The first-order valence-electron chi connectivity index (χ1n) is 6.91. The number of carbonyl (C=O) groups is 1. The van der Waals surface area contributed by atoms with Gasteiger partial charge in [0.2, 0.25) is 0 Å². The van der Waals surface area contributed by atoms with Crippen LogP contribution in [0.3, 0.4) is 0 Å². The summed E-state index contributed by atoms with van der Waals surface area (Å²) in [6.07, 6.45) is 1.08. The fourth-order valence-electron chi connectivity index (χ4n) is 1.91. The number of carbonyl (C=O) groups excluding carboxylic acids is 1. The summed E-state index contributed by atoms with van der Waals surface area (Å²) in [4.78, 5) is 13.5. The number of nitrogens with one attached hydrogen (secondary N) is 1. The Kier molecular flexibility index (Phi) is 5.71. The minimum Gasteiger partial charge on any atom is -0.322 e. The lowest BCUT2D eigenvalue weighted by atomic mass is 10.1. The Bertz CT molecular complexity index is 642. The molecule has 0 fully saturated rings. The minimum absolute atomic E-state index is 0.0976. The molecular formula is C17H18ClNOS. The summed E-state index contributed by atoms with van der Waals surface area (Å²) in [5, 5.41) is 3.56. The van der Waals surface area contributed by atoms with Crippen molar-refractivity contribution in [2.45, 2.75) is 25.2 Å². The van der Waals surface area contributed by atoms with Crippen molar-refractivity contribution in [3.63, 3.8) is 0 Å². The molecule has 2 rings (SSSR count). The zero-order valence-electron chi connectivity index (χ0n) is 12.2. The number of hydrogen-bond donors (Lipinski definition) is 1. The van der Waals surface area contributed by atoms with E-state index in [4.69, 9.17) is 11.6 Å². The number of thioether (sulfide) groups is 1. The number of benzene rings is 2. The van der Waals surface area contributed by atoms with Crippen LogP contribution in [0.5, 0.6) is 0 Å². The van der Waals surface area contributed by atoms with E-state index in [0.29, 0.717) is 10.6 Å². The Hall–Kier alpha value is -1.45. The normalized spacial score (nSPS) is 10.4. The average Bonchev–Trinajstić information content (AvgIpc) is 2.49. The fourth-order valence-corrected chi connectivity index (χ4v) is 3.00. The molecule has 0 unspecified atom stereocenters. The van der Waals surface area contributed by atoms with E-state index in [1.165, 1.54) is 0 Å². The van der Waals surface area contributed by atoms with Crippen molar-refractivity contribution in [1.29, 1.82) is 0 Å². The molecule has 0 heterocycles. The van der Waals surface area contributed by atoms with Gasteiger partial charge in [0.25, 0.3) is 5.91 Å². The second kappa shape index (κ2) is 7.53. The summed E-state index contributed by atoms with van der Waals surface area (Å²) < 4.78 is 0. The maximum Gasteiger partial charge on any atom is 0.256 e. The van der Waals surface area contributed by atoms with E-state index in [-0.39, 0.29) is 5.91 Å². The van der Waals surface area contributed by atoms with Crippen molar-refractivity contribution < 1.29 is 4.79 Å². The van der Waals surface area contributed by atoms with Gasteiger partial charge in [0, 0.05) is 15.6 Å². The summed E-state index contributed by atoms with van der Waals surface area (Å²) in [7, 11) is 0. The van der Waals surface area contributed by atoms with Crippen LogP contribution in [0.25, 0.3) is 0 Å². The van der Waals surface area contributed by atoms with Crippen LogP contribution < -0.4 is 5.32 Å². The second-order valence-electron chi connectivity index (χ2n) is 4.76. The summed E-state index contributed by atoms with van der Waals surface area (Å²) in [5.41, 5.74) is 2.45. The zero-order chi connectivity index (χ0) is 15.2. The van der Waals surface area contributed by atoms with Crippen molar-refractivity contribution in [2.24, 2.45) is 0 Å². The van der Waals surface area contributed by atoms with E-state index in [1.54, 1.807) is 17.8 Å². The summed E-state index contributed by atoms with van der Waals surface area (Å²) in [5.74, 6) is 0.903. The van der Waals surface area contributed by atoms with Gasteiger partial charge in [-0.15, -0.1) is 11.8 Å². The molecule has 0 saturated carbocycles. The van der Waals surface area contributed by atoms with Crippen LogP contribution in [-0.2, 0) is 0 Å². The monoisotopic (exact) mass is 319 g/mol. The lowest BCUT2D eigenvalue weighted by molar-refractivity contribution is 0.102. The lowest BCUT2D eigenvalue weighted by Gasteiger charge is -2.11. The maximum absolute atomic E-state index is 12.5. The van der Waals surface area contributed by atoms with Crippen LogP contribution in [-0.4, -0.2) is 11.7 Å². The molecule has 1 amide bonds. The second-order valence-corrected chi connectivity index (χ2v) is 6.33. The van der Waals surface area contributed by atoms with Gasteiger partial charge < -0.3 is 5.32 Å². The Labute approximate surface area is 134 Å². The van der Waals surface area contributed by atoms with Gasteiger partial charge >= 0.3 is 0 Å². The van der Waals surface area contributed by atoms with Gasteiger partial charge in [-0.25, -0.2) is 0 Å².